The molecule has 0 radical (unpaired) electrons. The number of ketones is 2. The summed E-state index contributed by atoms with van der Waals surface area (Å²) in [4.78, 5) is 28.0. The first kappa shape index (κ1) is 26.4. The molecule has 0 atom stereocenters. The molecule has 4 aromatic carbocycles. The van der Waals surface area contributed by atoms with Gasteiger partial charge in [-0.1, -0.05) is 78.9 Å². The van der Waals surface area contributed by atoms with E-state index >= 15 is 0 Å². The van der Waals surface area contributed by atoms with Crippen LogP contribution in [-0.4, -0.2) is 23.7 Å². The molecule has 5 nitrogen and oxygen atoms in total. The van der Waals surface area contributed by atoms with Crippen LogP contribution in [0, 0.1) is 0 Å². The molecular formula is C35H29NO4. The number of rotatable bonds is 11. The van der Waals surface area contributed by atoms with Crippen LogP contribution in [0.1, 0.15) is 34.8 Å². The lowest BCUT2D eigenvalue weighted by Crippen LogP contribution is -2.09. The third kappa shape index (κ3) is 6.63. The van der Waals surface area contributed by atoms with Gasteiger partial charge in [-0.2, -0.15) is 0 Å². The van der Waals surface area contributed by atoms with Gasteiger partial charge in [-0.15, -0.1) is 0 Å². The molecular weight excluding hydrogens is 498 g/mol. The minimum absolute atomic E-state index is 0.211. The second-order valence-corrected chi connectivity index (χ2v) is 9.32. The number of hydrogen-bond donors (Lipinski definition) is 1. The molecule has 0 unspecified atom stereocenters. The van der Waals surface area contributed by atoms with Crippen molar-refractivity contribution in [1.29, 1.82) is 0 Å². The molecule has 0 aliphatic heterocycles. The van der Waals surface area contributed by atoms with Crippen LogP contribution in [0.4, 0.5) is 0 Å². The van der Waals surface area contributed by atoms with Crippen molar-refractivity contribution in [3.63, 3.8) is 0 Å². The van der Waals surface area contributed by atoms with E-state index in [0.29, 0.717) is 17.1 Å². The first-order valence-corrected chi connectivity index (χ1v) is 13.0. The van der Waals surface area contributed by atoms with Crippen LogP contribution in [0.15, 0.2) is 121 Å². The van der Waals surface area contributed by atoms with Gasteiger partial charge in [0.1, 0.15) is 17.6 Å². The zero-order valence-corrected chi connectivity index (χ0v) is 22.1. The third-order valence-corrected chi connectivity index (χ3v) is 6.50. The van der Waals surface area contributed by atoms with Crippen molar-refractivity contribution in [3.8, 4) is 11.5 Å². The molecule has 1 N–H and O–H groups in total. The van der Waals surface area contributed by atoms with E-state index in [-0.39, 0.29) is 24.1 Å². The summed E-state index contributed by atoms with van der Waals surface area (Å²) in [5.41, 5.74) is 4.66. The molecule has 0 bridgehead atoms. The smallest absolute Gasteiger partial charge is 0.163 e. The fourth-order valence-electron chi connectivity index (χ4n) is 4.45. The van der Waals surface area contributed by atoms with Crippen LogP contribution in [0.25, 0.3) is 23.1 Å². The molecule has 5 aromatic rings. The number of ether oxygens (including phenoxy) is 2. The third-order valence-electron chi connectivity index (χ3n) is 6.50. The van der Waals surface area contributed by atoms with Crippen molar-refractivity contribution in [2.45, 2.75) is 12.5 Å². The van der Waals surface area contributed by atoms with Crippen LogP contribution in [0.5, 0.6) is 11.5 Å². The standard InChI is InChI=1S/C35H29NO4/c1-39-34-24-32(40-35(28-8-4-2-5-9-28)29-10-6-3-7-11-29)19-16-27(34)15-18-31(38)23-30(37)17-13-25-12-14-26-20-21-36-33(26)22-25/h2-22,24,35-36H,23H2,1H3/b17-13+,18-15+. The fraction of sp³-hybridized carbons (Fsp3) is 0.0857. The summed E-state index contributed by atoms with van der Waals surface area (Å²) in [6.45, 7) is 0. The van der Waals surface area contributed by atoms with Gasteiger partial charge in [-0.05, 0) is 64.6 Å². The van der Waals surface area contributed by atoms with Crippen molar-refractivity contribution >= 4 is 34.6 Å². The lowest BCUT2D eigenvalue weighted by Gasteiger charge is -2.21. The Kier molecular flexibility index (Phi) is 8.32. The molecule has 40 heavy (non-hydrogen) atoms. The maximum atomic E-state index is 12.5. The number of hydrogen-bond acceptors (Lipinski definition) is 4. The number of carbonyl (C=O) groups is 2. The minimum atomic E-state index is -0.293. The highest BCUT2D eigenvalue weighted by Crippen LogP contribution is 2.32. The molecule has 0 spiro atoms. The van der Waals surface area contributed by atoms with Gasteiger partial charge in [0.25, 0.3) is 0 Å². The molecule has 0 saturated heterocycles. The minimum Gasteiger partial charge on any atom is -0.496 e. The number of H-pyrrole nitrogens is 1. The van der Waals surface area contributed by atoms with Crippen LogP contribution in [0.3, 0.4) is 0 Å². The van der Waals surface area contributed by atoms with E-state index in [4.69, 9.17) is 9.47 Å². The van der Waals surface area contributed by atoms with E-state index < -0.39 is 0 Å². The maximum absolute atomic E-state index is 12.5. The summed E-state index contributed by atoms with van der Waals surface area (Å²) in [5, 5.41) is 1.10. The molecule has 0 amide bonds. The van der Waals surface area contributed by atoms with Gasteiger partial charge in [0.2, 0.25) is 0 Å². The summed E-state index contributed by atoms with van der Waals surface area (Å²) in [6, 6.07) is 33.4. The molecule has 5 heteroatoms. The predicted octanol–water partition coefficient (Wildman–Crippen LogP) is 7.60. The number of benzene rings is 4. The van der Waals surface area contributed by atoms with E-state index in [1.54, 1.807) is 25.3 Å². The Balaban J connectivity index is 1.25. The molecule has 198 valence electrons. The highest BCUT2D eigenvalue weighted by molar-refractivity contribution is 6.11. The topological polar surface area (TPSA) is 68.4 Å². The number of nitrogens with one attached hydrogen (secondary N) is 1. The lowest BCUT2D eigenvalue weighted by molar-refractivity contribution is -0.121. The zero-order valence-electron chi connectivity index (χ0n) is 22.1. The molecule has 0 aliphatic rings. The highest BCUT2D eigenvalue weighted by Gasteiger charge is 2.16. The van der Waals surface area contributed by atoms with Gasteiger partial charge in [-0.25, -0.2) is 0 Å². The van der Waals surface area contributed by atoms with E-state index in [1.165, 1.54) is 12.2 Å². The van der Waals surface area contributed by atoms with E-state index in [9.17, 15) is 9.59 Å². The summed E-state index contributed by atoms with van der Waals surface area (Å²) in [7, 11) is 1.57. The fourth-order valence-corrected chi connectivity index (χ4v) is 4.45. The summed E-state index contributed by atoms with van der Waals surface area (Å²) in [5.74, 6) is 0.651. The number of fused-ring (bicyclic) bond motifs is 1. The largest absolute Gasteiger partial charge is 0.496 e. The van der Waals surface area contributed by atoms with Crippen molar-refractivity contribution in [2.75, 3.05) is 7.11 Å². The number of carbonyl (C=O) groups excluding carboxylic acids is 2. The van der Waals surface area contributed by atoms with E-state index in [2.05, 4.69) is 4.98 Å². The Morgan fingerprint density at radius 1 is 0.775 bits per heavy atom. The zero-order chi connectivity index (χ0) is 27.7. The average Bonchev–Trinajstić information content (AvgIpc) is 3.47. The van der Waals surface area contributed by atoms with Gasteiger partial charge >= 0.3 is 0 Å². The monoisotopic (exact) mass is 527 g/mol. The predicted molar refractivity (Wildman–Crippen MR) is 159 cm³/mol. The van der Waals surface area contributed by atoms with Gasteiger partial charge in [0.05, 0.1) is 13.5 Å². The van der Waals surface area contributed by atoms with Crippen molar-refractivity contribution in [3.05, 3.63) is 144 Å². The van der Waals surface area contributed by atoms with Crippen LogP contribution < -0.4 is 9.47 Å². The van der Waals surface area contributed by atoms with Crippen molar-refractivity contribution < 1.29 is 19.1 Å². The molecule has 1 heterocycles. The number of aromatic amines is 1. The summed E-state index contributed by atoms with van der Waals surface area (Å²) < 4.78 is 12.0. The number of aromatic nitrogens is 1. The highest BCUT2D eigenvalue weighted by atomic mass is 16.5. The van der Waals surface area contributed by atoms with Crippen LogP contribution in [0.2, 0.25) is 0 Å². The second kappa shape index (κ2) is 12.6. The number of allylic oxidation sites excluding steroid dienone is 2. The van der Waals surface area contributed by atoms with Crippen LogP contribution >= 0.6 is 0 Å². The Labute approximate surface area is 233 Å². The van der Waals surface area contributed by atoms with E-state index in [0.717, 1.165) is 27.6 Å². The van der Waals surface area contributed by atoms with E-state index in [1.807, 2.05) is 103 Å². The summed E-state index contributed by atoms with van der Waals surface area (Å²) in [6.07, 6.45) is 7.60. The molecule has 1 aromatic heterocycles. The SMILES string of the molecule is COc1cc(OC(c2ccccc2)c2ccccc2)ccc1/C=C/C(=O)CC(=O)/C=C/c1ccc2cc[nH]c2c1. The first-order valence-electron chi connectivity index (χ1n) is 13.0. The first-order chi connectivity index (χ1) is 19.6. The normalized spacial score (nSPS) is 11.4. The molecule has 0 saturated carbocycles. The van der Waals surface area contributed by atoms with Crippen molar-refractivity contribution in [2.24, 2.45) is 0 Å². The Bertz CT molecular complexity index is 1630. The van der Waals surface area contributed by atoms with Crippen molar-refractivity contribution in [1.82, 2.24) is 4.98 Å². The summed E-state index contributed by atoms with van der Waals surface area (Å²) >= 11 is 0. The Morgan fingerprint density at radius 3 is 2.12 bits per heavy atom. The molecule has 0 aliphatic carbocycles. The van der Waals surface area contributed by atoms with Gasteiger partial charge < -0.3 is 14.5 Å². The maximum Gasteiger partial charge on any atom is 0.163 e. The molecule has 5 rings (SSSR count). The van der Waals surface area contributed by atoms with Gasteiger partial charge in [0.15, 0.2) is 11.6 Å². The quantitative estimate of drug-likeness (QED) is 0.142. The van der Waals surface area contributed by atoms with Crippen LogP contribution in [-0.2, 0) is 9.59 Å². The van der Waals surface area contributed by atoms with Gasteiger partial charge in [-0.3, -0.25) is 9.59 Å². The number of methoxy groups -OCH3 is 1. The lowest BCUT2D eigenvalue weighted by atomic mass is 10.0. The van der Waals surface area contributed by atoms with Gasteiger partial charge in [0, 0.05) is 23.3 Å². The Hall–Kier alpha value is -5.16. The Morgan fingerprint density at radius 2 is 1.45 bits per heavy atom. The average molecular weight is 528 g/mol. The molecule has 0 fully saturated rings. The second-order valence-electron chi connectivity index (χ2n) is 9.32.